The van der Waals surface area contributed by atoms with Crippen LogP contribution in [0.1, 0.15) is 31.2 Å². The van der Waals surface area contributed by atoms with Crippen LogP contribution in [0.5, 0.6) is 6.01 Å². The average Bonchev–Trinajstić information content (AvgIpc) is 3.54. The van der Waals surface area contributed by atoms with Crippen molar-refractivity contribution in [3.8, 4) is 23.3 Å². The first-order valence-electron chi connectivity index (χ1n) is 13.5. The van der Waals surface area contributed by atoms with Gasteiger partial charge in [0.2, 0.25) is 0 Å². The summed E-state index contributed by atoms with van der Waals surface area (Å²) in [6.45, 7) is 3.39. The molecule has 0 spiro atoms. The van der Waals surface area contributed by atoms with Crippen molar-refractivity contribution >= 4 is 16.7 Å². The molecule has 3 saturated heterocycles. The highest BCUT2D eigenvalue weighted by atomic mass is 19.4. The van der Waals surface area contributed by atoms with Gasteiger partial charge in [-0.1, -0.05) is 18.2 Å². The molecule has 3 aliphatic heterocycles. The van der Waals surface area contributed by atoms with Crippen molar-refractivity contribution in [2.75, 3.05) is 44.7 Å². The van der Waals surface area contributed by atoms with Crippen LogP contribution in [0.3, 0.4) is 0 Å². The number of alkyl halides is 4. The molecule has 8 nitrogen and oxygen atoms in total. The second-order valence-corrected chi connectivity index (χ2v) is 10.3. The van der Waals surface area contributed by atoms with Crippen LogP contribution in [-0.4, -0.2) is 77.9 Å². The van der Waals surface area contributed by atoms with E-state index < -0.39 is 29.4 Å². The van der Waals surface area contributed by atoms with Gasteiger partial charge < -0.3 is 15.0 Å². The molecule has 0 radical (unpaired) electrons. The molecule has 3 atom stereocenters. The van der Waals surface area contributed by atoms with Crippen molar-refractivity contribution in [2.24, 2.45) is 0 Å². The first-order valence-corrected chi connectivity index (χ1v) is 13.5. The summed E-state index contributed by atoms with van der Waals surface area (Å²) in [6.07, 6.45) is -0.309. The number of nitrogens with one attached hydrogen (secondary N) is 1. The fraction of sp³-hybridized carbons (Fsp3) is 0.500. The molecule has 0 aliphatic carbocycles. The number of hydrogen-bond donors (Lipinski definition) is 1. The van der Waals surface area contributed by atoms with E-state index in [-0.39, 0.29) is 34.9 Å². The van der Waals surface area contributed by atoms with E-state index in [1.807, 2.05) is 4.90 Å². The molecule has 3 fully saturated rings. The van der Waals surface area contributed by atoms with Crippen LogP contribution in [0, 0.1) is 17.1 Å². The van der Waals surface area contributed by atoms with Crippen LogP contribution in [-0.2, 0) is 6.18 Å². The van der Waals surface area contributed by atoms with Crippen molar-refractivity contribution in [1.29, 1.82) is 5.26 Å². The van der Waals surface area contributed by atoms with Gasteiger partial charge in [-0.25, -0.2) is 8.78 Å². The molecular formula is C28H30F5N7O. The Morgan fingerprint density at radius 3 is 2.71 bits per heavy atom. The smallest absolute Gasteiger partial charge is 0.417 e. The summed E-state index contributed by atoms with van der Waals surface area (Å²) in [5.41, 5.74) is -2.02. The lowest BCUT2D eigenvalue weighted by atomic mass is 10.0. The minimum atomic E-state index is -4.68. The molecule has 3 aliphatic rings. The molecular weight excluding hydrogens is 545 g/mol. The highest BCUT2D eigenvalue weighted by Gasteiger charge is 2.36. The maximum atomic E-state index is 15.5. The summed E-state index contributed by atoms with van der Waals surface area (Å²) < 4.78 is 73.7. The summed E-state index contributed by atoms with van der Waals surface area (Å²) >= 11 is 0. The van der Waals surface area contributed by atoms with Crippen molar-refractivity contribution in [2.45, 2.75) is 50.1 Å². The van der Waals surface area contributed by atoms with E-state index in [9.17, 15) is 17.6 Å². The Labute approximate surface area is 234 Å². The van der Waals surface area contributed by atoms with E-state index in [1.165, 1.54) is 44.3 Å². The Kier molecular flexibility index (Phi) is 8.51. The topological polar surface area (TPSA) is 90.2 Å². The predicted molar refractivity (Wildman–Crippen MR) is 143 cm³/mol. The first-order chi connectivity index (χ1) is 19.7. The Morgan fingerprint density at radius 1 is 1.17 bits per heavy atom. The van der Waals surface area contributed by atoms with Gasteiger partial charge >= 0.3 is 12.2 Å². The van der Waals surface area contributed by atoms with Crippen LogP contribution in [0.25, 0.3) is 22.2 Å². The number of piperazine rings is 1. The molecule has 2 aromatic heterocycles. The molecule has 0 saturated carbocycles. The Hall–Kier alpha value is -3.63. The van der Waals surface area contributed by atoms with Gasteiger partial charge in [-0.3, -0.25) is 9.88 Å². The molecule has 1 N–H and O–H groups in total. The lowest BCUT2D eigenvalue weighted by Crippen LogP contribution is -2.51. The highest BCUT2D eigenvalue weighted by molar-refractivity contribution is 5.92. The molecule has 218 valence electrons. The number of aromatic nitrogens is 3. The summed E-state index contributed by atoms with van der Waals surface area (Å²) in [5, 5.41) is 12.5. The summed E-state index contributed by atoms with van der Waals surface area (Å²) in [4.78, 5) is 16.6. The third kappa shape index (κ3) is 6.18. The predicted octanol–water partition coefficient (Wildman–Crippen LogP) is 4.74. The first kappa shape index (κ1) is 28.9. The van der Waals surface area contributed by atoms with Crippen molar-refractivity contribution < 1.29 is 26.7 Å². The summed E-state index contributed by atoms with van der Waals surface area (Å²) in [6, 6.07) is 7.15. The van der Waals surface area contributed by atoms with E-state index in [0.717, 1.165) is 19.0 Å². The maximum absolute atomic E-state index is 15.5. The quantitative estimate of drug-likeness (QED) is 0.447. The highest BCUT2D eigenvalue weighted by Crippen LogP contribution is 2.39. The van der Waals surface area contributed by atoms with Gasteiger partial charge in [0, 0.05) is 50.0 Å². The molecule has 13 heteroatoms. The number of ether oxygens (including phenoxy) is 1. The average molecular weight is 576 g/mol. The maximum Gasteiger partial charge on any atom is 0.417 e. The van der Waals surface area contributed by atoms with Gasteiger partial charge in [0.25, 0.3) is 0 Å². The number of anilines is 1. The van der Waals surface area contributed by atoms with E-state index in [0.29, 0.717) is 38.0 Å². The number of nitrogens with zero attached hydrogens (tertiary/aromatic N) is 6. The van der Waals surface area contributed by atoms with Gasteiger partial charge in [-0.2, -0.15) is 28.4 Å². The number of fused-ring (bicyclic) bond motifs is 2. The zero-order valence-corrected chi connectivity index (χ0v) is 22.5. The number of halogens is 5. The van der Waals surface area contributed by atoms with Crippen LogP contribution >= 0.6 is 0 Å². The molecule has 6 rings (SSSR count). The minimum absolute atomic E-state index is 0.111. The normalized spacial score (nSPS) is 22.7. The van der Waals surface area contributed by atoms with Crippen LogP contribution in [0.15, 0.2) is 30.5 Å². The number of rotatable bonds is 4. The zero-order chi connectivity index (χ0) is 29.1. The molecule has 5 heterocycles. The second-order valence-electron chi connectivity index (χ2n) is 10.3. The molecule has 41 heavy (non-hydrogen) atoms. The van der Waals surface area contributed by atoms with Crippen LogP contribution in [0.2, 0.25) is 0 Å². The Bertz CT molecular complexity index is 1420. The van der Waals surface area contributed by atoms with E-state index in [2.05, 4.69) is 31.2 Å². The van der Waals surface area contributed by atoms with E-state index in [1.54, 1.807) is 0 Å². The van der Waals surface area contributed by atoms with E-state index >= 15 is 4.39 Å². The van der Waals surface area contributed by atoms with Crippen LogP contribution < -0.4 is 15.0 Å². The van der Waals surface area contributed by atoms with Crippen molar-refractivity contribution in [3.63, 3.8) is 0 Å². The monoisotopic (exact) mass is 575 g/mol. The lowest BCUT2D eigenvalue weighted by molar-refractivity contribution is -0.137. The molecule has 3 unspecified atom stereocenters. The van der Waals surface area contributed by atoms with E-state index in [4.69, 9.17) is 10.00 Å². The third-order valence-electron chi connectivity index (χ3n) is 7.67. The Balaban J connectivity index is 0.000000315. The van der Waals surface area contributed by atoms with Gasteiger partial charge in [-0.05, 0) is 31.9 Å². The minimum Gasteiger partial charge on any atom is -0.467 e. The van der Waals surface area contributed by atoms with Gasteiger partial charge in [0.05, 0.1) is 30.5 Å². The second kappa shape index (κ2) is 12.1. The SMILES string of the molecule is COc1nc(N2CCNC(CC#N)C2)c2cnc(-c3ccccc3C(F)(F)F)c(F)c2n1.FC1CC2CCCN2C1. The van der Waals surface area contributed by atoms with Gasteiger partial charge in [-0.15, -0.1) is 0 Å². The fourth-order valence-corrected chi connectivity index (χ4v) is 5.77. The third-order valence-corrected chi connectivity index (χ3v) is 7.67. The van der Waals surface area contributed by atoms with Crippen molar-refractivity contribution in [3.05, 3.63) is 41.8 Å². The standard InChI is InChI=1S/C21H18F4N6O.C7H12FN/c1-32-20-29-18-14(19(30-20)31-9-8-27-12(11-31)6-7-26)10-28-17(16(18)22)13-4-2-3-5-15(13)21(23,24)25;8-6-4-7-2-1-3-9(7)5-6/h2-5,10,12,27H,6,8-9,11H2,1H3;6-7H,1-5H2. The van der Waals surface area contributed by atoms with Crippen molar-refractivity contribution in [1.82, 2.24) is 25.2 Å². The fourth-order valence-electron chi connectivity index (χ4n) is 5.77. The molecule has 0 amide bonds. The number of pyridine rings is 1. The molecule has 0 bridgehead atoms. The summed E-state index contributed by atoms with van der Waals surface area (Å²) in [5.74, 6) is -0.650. The number of methoxy groups -OCH3 is 1. The van der Waals surface area contributed by atoms with Crippen LogP contribution in [0.4, 0.5) is 27.8 Å². The Morgan fingerprint density at radius 2 is 1.98 bits per heavy atom. The summed E-state index contributed by atoms with van der Waals surface area (Å²) in [7, 11) is 1.32. The zero-order valence-electron chi connectivity index (χ0n) is 22.5. The largest absolute Gasteiger partial charge is 0.467 e. The lowest BCUT2D eigenvalue weighted by Gasteiger charge is -2.34. The molecule has 3 aromatic rings. The van der Waals surface area contributed by atoms with Gasteiger partial charge in [0.1, 0.15) is 23.2 Å². The molecule has 1 aromatic carbocycles. The number of hydrogen-bond acceptors (Lipinski definition) is 8. The number of benzene rings is 1. The van der Waals surface area contributed by atoms with Gasteiger partial charge in [0.15, 0.2) is 5.82 Å². The number of nitriles is 1.